The Labute approximate surface area is 159 Å². The number of carbonyl (C=O) groups excluding carboxylic acids is 1. The fourth-order valence-electron chi connectivity index (χ4n) is 3.10. The third-order valence-corrected chi connectivity index (χ3v) is 6.11. The molecule has 0 unspecified atom stereocenters. The zero-order valence-electron chi connectivity index (χ0n) is 15.1. The Morgan fingerprint density at radius 2 is 1.89 bits per heavy atom. The molecule has 0 aliphatic heterocycles. The van der Waals surface area contributed by atoms with Gasteiger partial charge in [0.25, 0.3) is 5.91 Å². The minimum absolute atomic E-state index is 0.0379. The van der Waals surface area contributed by atoms with Gasteiger partial charge >= 0.3 is 0 Å². The molecule has 0 spiro atoms. The Bertz CT molecular complexity index is 938. The SMILES string of the molecule is COc1ccc(N)c(NC(=O)c2cccc(S(=O)(=O)NC3CCCC3)c2)c1. The van der Waals surface area contributed by atoms with Crippen LogP contribution in [0.5, 0.6) is 5.75 Å². The number of ether oxygens (including phenoxy) is 1. The van der Waals surface area contributed by atoms with Crippen LogP contribution < -0.4 is 20.5 Å². The molecule has 0 aromatic heterocycles. The molecule has 1 amide bonds. The lowest BCUT2D eigenvalue weighted by atomic mass is 10.2. The lowest BCUT2D eigenvalue weighted by Crippen LogP contribution is -2.32. The molecule has 2 aromatic carbocycles. The third-order valence-electron chi connectivity index (χ3n) is 4.59. The fraction of sp³-hybridized carbons (Fsp3) is 0.316. The summed E-state index contributed by atoms with van der Waals surface area (Å²) in [6.07, 6.45) is 3.73. The Morgan fingerprint density at radius 1 is 1.15 bits per heavy atom. The quantitative estimate of drug-likeness (QED) is 0.658. The zero-order valence-corrected chi connectivity index (χ0v) is 15.9. The van der Waals surface area contributed by atoms with Gasteiger partial charge < -0.3 is 15.8 Å². The molecule has 1 fully saturated rings. The van der Waals surface area contributed by atoms with Crippen LogP contribution in [0.15, 0.2) is 47.4 Å². The predicted molar refractivity (Wildman–Crippen MR) is 104 cm³/mol. The Hall–Kier alpha value is -2.58. The van der Waals surface area contributed by atoms with E-state index in [0.29, 0.717) is 17.1 Å². The number of methoxy groups -OCH3 is 1. The molecule has 7 nitrogen and oxygen atoms in total. The summed E-state index contributed by atoms with van der Waals surface area (Å²) in [6, 6.07) is 10.8. The Kier molecular flexibility index (Phi) is 5.67. The lowest BCUT2D eigenvalue weighted by molar-refractivity contribution is 0.102. The van der Waals surface area contributed by atoms with Gasteiger partial charge in [0.2, 0.25) is 10.0 Å². The van der Waals surface area contributed by atoms with Gasteiger partial charge in [-0.15, -0.1) is 0 Å². The number of sulfonamides is 1. The summed E-state index contributed by atoms with van der Waals surface area (Å²) < 4.78 is 33.0. The molecule has 1 aliphatic rings. The third kappa shape index (κ3) is 4.58. The predicted octanol–water partition coefficient (Wildman–Crippen LogP) is 2.75. The van der Waals surface area contributed by atoms with Crippen molar-refractivity contribution in [3.63, 3.8) is 0 Å². The number of nitrogens with two attached hydrogens (primary N) is 1. The van der Waals surface area contributed by atoms with Gasteiger partial charge in [-0.05, 0) is 43.2 Å². The van der Waals surface area contributed by atoms with Crippen molar-refractivity contribution in [2.45, 2.75) is 36.6 Å². The summed E-state index contributed by atoms with van der Waals surface area (Å²) in [7, 11) is -2.15. The number of nitrogens with one attached hydrogen (secondary N) is 2. The number of anilines is 2. The summed E-state index contributed by atoms with van der Waals surface area (Å²) in [4.78, 5) is 12.6. The fourth-order valence-corrected chi connectivity index (χ4v) is 4.45. The number of hydrogen-bond donors (Lipinski definition) is 3. The number of carbonyl (C=O) groups is 1. The van der Waals surface area contributed by atoms with Crippen LogP contribution in [0.3, 0.4) is 0 Å². The monoisotopic (exact) mass is 389 g/mol. The van der Waals surface area contributed by atoms with Crippen molar-refractivity contribution in [2.24, 2.45) is 0 Å². The molecule has 0 heterocycles. The topological polar surface area (TPSA) is 111 Å². The number of amides is 1. The summed E-state index contributed by atoms with van der Waals surface area (Å²) >= 11 is 0. The second-order valence-corrected chi connectivity index (χ2v) is 8.25. The largest absolute Gasteiger partial charge is 0.497 e. The molecule has 27 heavy (non-hydrogen) atoms. The van der Waals surface area contributed by atoms with Crippen molar-refractivity contribution in [3.05, 3.63) is 48.0 Å². The van der Waals surface area contributed by atoms with E-state index in [1.54, 1.807) is 30.3 Å². The normalized spacial score (nSPS) is 14.9. The second-order valence-electron chi connectivity index (χ2n) is 6.54. The molecule has 1 aliphatic carbocycles. The van der Waals surface area contributed by atoms with Crippen molar-refractivity contribution in [3.8, 4) is 5.75 Å². The van der Waals surface area contributed by atoms with E-state index >= 15 is 0 Å². The summed E-state index contributed by atoms with van der Waals surface area (Å²) in [5.41, 5.74) is 6.90. The van der Waals surface area contributed by atoms with Gasteiger partial charge in [0.1, 0.15) is 5.75 Å². The zero-order chi connectivity index (χ0) is 19.4. The van der Waals surface area contributed by atoms with Crippen LogP contribution in [0, 0.1) is 0 Å². The van der Waals surface area contributed by atoms with Crippen LogP contribution in [0.2, 0.25) is 0 Å². The van der Waals surface area contributed by atoms with Crippen LogP contribution in [0.25, 0.3) is 0 Å². The standard InChI is InChI=1S/C19H23N3O4S/c1-26-15-9-10-17(20)18(12-15)21-19(23)13-5-4-8-16(11-13)27(24,25)22-14-6-2-3-7-14/h4-5,8-12,14,22H,2-3,6-7,20H2,1H3,(H,21,23). The van der Waals surface area contributed by atoms with Crippen molar-refractivity contribution in [1.82, 2.24) is 4.72 Å². The van der Waals surface area contributed by atoms with Crippen LogP contribution in [0.4, 0.5) is 11.4 Å². The highest BCUT2D eigenvalue weighted by atomic mass is 32.2. The molecule has 4 N–H and O–H groups in total. The highest BCUT2D eigenvalue weighted by molar-refractivity contribution is 7.89. The van der Waals surface area contributed by atoms with E-state index in [1.165, 1.54) is 19.2 Å². The van der Waals surface area contributed by atoms with Crippen molar-refractivity contribution >= 4 is 27.3 Å². The number of benzene rings is 2. The number of rotatable bonds is 6. The van der Waals surface area contributed by atoms with Crippen molar-refractivity contribution in [1.29, 1.82) is 0 Å². The van der Waals surface area contributed by atoms with Crippen LogP contribution >= 0.6 is 0 Å². The first-order valence-corrected chi connectivity index (χ1v) is 10.2. The molecular weight excluding hydrogens is 366 g/mol. The Balaban J connectivity index is 1.79. The molecule has 2 aromatic rings. The maximum absolute atomic E-state index is 12.6. The molecular formula is C19H23N3O4S. The maximum Gasteiger partial charge on any atom is 0.255 e. The molecule has 8 heteroatoms. The molecule has 0 atom stereocenters. The molecule has 0 saturated heterocycles. The van der Waals surface area contributed by atoms with Crippen LogP contribution in [-0.4, -0.2) is 27.5 Å². The molecule has 0 bridgehead atoms. The van der Waals surface area contributed by atoms with Crippen molar-refractivity contribution in [2.75, 3.05) is 18.2 Å². The molecule has 3 rings (SSSR count). The van der Waals surface area contributed by atoms with Gasteiger partial charge in [-0.3, -0.25) is 4.79 Å². The van der Waals surface area contributed by atoms with Crippen LogP contribution in [0.1, 0.15) is 36.0 Å². The molecule has 144 valence electrons. The number of nitrogen functional groups attached to an aromatic ring is 1. The minimum Gasteiger partial charge on any atom is -0.497 e. The van der Waals surface area contributed by atoms with Gasteiger partial charge in [-0.2, -0.15) is 0 Å². The van der Waals surface area contributed by atoms with E-state index < -0.39 is 15.9 Å². The van der Waals surface area contributed by atoms with Gasteiger partial charge in [-0.1, -0.05) is 18.9 Å². The van der Waals surface area contributed by atoms with Gasteiger partial charge in [0.15, 0.2) is 0 Å². The first-order valence-electron chi connectivity index (χ1n) is 8.76. The average Bonchev–Trinajstić information content (AvgIpc) is 3.16. The van der Waals surface area contributed by atoms with Gasteiger partial charge in [0, 0.05) is 17.7 Å². The summed E-state index contributed by atoms with van der Waals surface area (Å²) in [6.45, 7) is 0. The second kappa shape index (κ2) is 7.98. The van der Waals surface area contributed by atoms with Crippen LogP contribution in [-0.2, 0) is 10.0 Å². The lowest BCUT2D eigenvalue weighted by Gasteiger charge is -2.14. The molecule has 1 saturated carbocycles. The highest BCUT2D eigenvalue weighted by Crippen LogP contribution is 2.25. The van der Waals surface area contributed by atoms with E-state index in [1.807, 2.05) is 0 Å². The maximum atomic E-state index is 12.6. The van der Waals surface area contributed by atoms with E-state index in [4.69, 9.17) is 10.5 Å². The number of hydrogen-bond acceptors (Lipinski definition) is 5. The first kappa shape index (κ1) is 19.2. The van der Waals surface area contributed by atoms with Crippen molar-refractivity contribution < 1.29 is 17.9 Å². The minimum atomic E-state index is -3.67. The van der Waals surface area contributed by atoms with E-state index in [2.05, 4.69) is 10.0 Å². The van der Waals surface area contributed by atoms with Gasteiger partial charge in [-0.25, -0.2) is 13.1 Å². The van der Waals surface area contributed by atoms with E-state index in [-0.39, 0.29) is 16.5 Å². The molecule has 0 radical (unpaired) electrons. The average molecular weight is 389 g/mol. The first-order chi connectivity index (χ1) is 12.9. The Morgan fingerprint density at radius 3 is 2.59 bits per heavy atom. The summed E-state index contributed by atoms with van der Waals surface area (Å²) in [5.74, 6) is 0.101. The van der Waals surface area contributed by atoms with Gasteiger partial charge in [0.05, 0.1) is 23.4 Å². The highest BCUT2D eigenvalue weighted by Gasteiger charge is 2.23. The smallest absolute Gasteiger partial charge is 0.255 e. The van der Waals surface area contributed by atoms with E-state index in [9.17, 15) is 13.2 Å². The van der Waals surface area contributed by atoms with E-state index in [0.717, 1.165) is 25.7 Å². The summed E-state index contributed by atoms with van der Waals surface area (Å²) in [5, 5.41) is 2.69.